The summed E-state index contributed by atoms with van der Waals surface area (Å²) in [5.74, 6) is 0.176. The molecule has 1 aromatic heterocycles. The second-order valence-corrected chi connectivity index (χ2v) is 11.7. The molecule has 0 bridgehead atoms. The van der Waals surface area contributed by atoms with E-state index in [-0.39, 0.29) is 11.2 Å². The Balaban J connectivity index is 1.50. The number of rotatable bonds is 8. The first-order valence-electron chi connectivity index (χ1n) is 14.7. The Morgan fingerprint density at radius 3 is 2.30 bits per heavy atom. The Kier molecular flexibility index (Phi) is 7.24. The number of aryl methyl sites for hydroxylation is 2. The fourth-order valence-corrected chi connectivity index (χ4v) is 6.88. The number of fused-ring (bicyclic) bond motifs is 4. The summed E-state index contributed by atoms with van der Waals surface area (Å²) in [4.78, 5) is 23.0. The average molecular weight is 500 g/mol. The Bertz CT molecular complexity index is 1290. The molecule has 0 radical (unpaired) electrons. The molecule has 0 amide bonds. The number of nitrogens with zero attached hydrogens (tertiary/aromatic N) is 2. The maximum atomic E-state index is 14.0. The third-order valence-electron chi connectivity index (χ3n) is 8.98. The SMILES string of the molecule is CCCN(CCC)C1CCN(c2cc3c(cc2CC)C(=O)c2c([nH]c4cc(CC)ccc24)C3(C)C)CC1. The van der Waals surface area contributed by atoms with Crippen LogP contribution in [0.4, 0.5) is 5.69 Å². The first-order valence-corrected chi connectivity index (χ1v) is 14.7. The Morgan fingerprint density at radius 1 is 0.973 bits per heavy atom. The molecule has 2 aromatic carbocycles. The third-order valence-corrected chi connectivity index (χ3v) is 8.98. The number of hydrogen-bond donors (Lipinski definition) is 1. The van der Waals surface area contributed by atoms with Gasteiger partial charge < -0.3 is 14.8 Å². The molecule has 0 unspecified atom stereocenters. The van der Waals surface area contributed by atoms with Crippen LogP contribution in [0.15, 0.2) is 30.3 Å². The maximum Gasteiger partial charge on any atom is 0.195 e. The van der Waals surface area contributed by atoms with Crippen molar-refractivity contribution in [2.75, 3.05) is 31.1 Å². The minimum Gasteiger partial charge on any atom is -0.371 e. The fraction of sp³-hybridized carbons (Fsp3) is 0.545. The van der Waals surface area contributed by atoms with Crippen molar-refractivity contribution >= 4 is 22.4 Å². The lowest BCUT2D eigenvalue weighted by Crippen LogP contribution is -2.46. The predicted molar refractivity (Wildman–Crippen MR) is 156 cm³/mol. The number of carbonyl (C=O) groups is 1. The smallest absolute Gasteiger partial charge is 0.195 e. The average Bonchev–Trinajstić information content (AvgIpc) is 3.31. The molecule has 4 nitrogen and oxygen atoms in total. The highest BCUT2D eigenvalue weighted by molar-refractivity contribution is 6.20. The van der Waals surface area contributed by atoms with Gasteiger partial charge in [-0.2, -0.15) is 0 Å². The van der Waals surface area contributed by atoms with Gasteiger partial charge in [-0.1, -0.05) is 53.7 Å². The van der Waals surface area contributed by atoms with Gasteiger partial charge in [0.05, 0.1) is 5.56 Å². The number of H-pyrrole nitrogens is 1. The van der Waals surface area contributed by atoms with Crippen molar-refractivity contribution in [2.45, 2.75) is 91.5 Å². The normalized spacial score (nSPS) is 17.5. The van der Waals surface area contributed by atoms with Gasteiger partial charge in [-0.25, -0.2) is 0 Å². The number of carbonyl (C=O) groups excluding carboxylic acids is 1. The molecule has 198 valence electrons. The van der Waals surface area contributed by atoms with Crippen molar-refractivity contribution in [3.63, 3.8) is 0 Å². The Labute approximate surface area is 223 Å². The molecule has 1 N–H and O–H groups in total. The lowest BCUT2D eigenvalue weighted by atomic mass is 9.70. The van der Waals surface area contributed by atoms with Gasteiger partial charge in [0.25, 0.3) is 0 Å². The second kappa shape index (κ2) is 10.3. The summed E-state index contributed by atoms with van der Waals surface area (Å²) in [5, 5.41) is 1.06. The number of piperidine rings is 1. The van der Waals surface area contributed by atoms with Crippen LogP contribution in [0, 0.1) is 0 Å². The first-order chi connectivity index (χ1) is 17.8. The highest BCUT2D eigenvalue weighted by Crippen LogP contribution is 2.46. The van der Waals surface area contributed by atoms with Crippen LogP contribution in [-0.4, -0.2) is 47.9 Å². The van der Waals surface area contributed by atoms with E-state index in [2.05, 4.69) is 86.7 Å². The molecule has 1 fully saturated rings. The summed E-state index contributed by atoms with van der Waals surface area (Å²) < 4.78 is 0. The molecule has 5 rings (SSSR count). The molecule has 2 aliphatic rings. The van der Waals surface area contributed by atoms with E-state index >= 15 is 0 Å². The van der Waals surface area contributed by atoms with Crippen LogP contribution in [0.3, 0.4) is 0 Å². The van der Waals surface area contributed by atoms with Crippen molar-refractivity contribution in [1.82, 2.24) is 9.88 Å². The lowest BCUT2D eigenvalue weighted by molar-refractivity contribution is 0.103. The highest BCUT2D eigenvalue weighted by atomic mass is 16.1. The number of aromatic amines is 1. The van der Waals surface area contributed by atoms with Crippen LogP contribution >= 0.6 is 0 Å². The molecule has 1 aliphatic carbocycles. The summed E-state index contributed by atoms with van der Waals surface area (Å²) in [5.41, 5.74) is 8.76. The largest absolute Gasteiger partial charge is 0.371 e. The van der Waals surface area contributed by atoms with Crippen LogP contribution in [0.1, 0.15) is 106 Å². The highest BCUT2D eigenvalue weighted by Gasteiger charge is 2.40. The molecule has 2 heterocycles. The minimum atomic E-state index is -0.262. The molecule has 37 heavy (non-hydrogen) atoms. The van der Waals surface area contributed by atoms with E-state index in [0.717, 1.165) is 53.7 Å². The predicted octanol–water partition coefficient (Wildman–Crippen LogP) is 7.25. The summed E-state index contributed by atoms with van der Waals surface area (Å²) in [7, 11) is 0. The molecular formula is C33H45N3O. The summed E-state index contributed by atoms with van der Waals surface area (Å²) >= 11 is 0. The molecule has 4 heteroatoms. The third kappa shape index (κ3) is 4.41. The van der Waals surface area contributed by atoms with E-state index in [4.69, 9.17) is 0 Å². The Morgan fingerprint density at radius 2 is 1.68 bits per heavy atom. The number of ketones is 1. The monoisotopic (exact) mass is 499 g/mol. The fourth-order valence-electron chi connectivity index (χ4n) is 6.88. The number of anilines is 1. The van der Waals surface area contributed by atoms with Gasteiger partial charge in [-0.3, -0.25) is 4.79 Å². The zero-order valence-electron chi connectivity index (χ0n) is 23.8. The zero-order valence-corrected chi connectivity index (χ0v) is 23.8. The summed E-state index contributed by atoms with van der Waals surface area (Å²) in [6, 6.07) is 11.8. The van der Waals surface area contributed by atoms with Gasteiger partial charge in [0.1, 0.15) is 0 Å². The van der Waals surface area contributed by atoms with Crippen molar-refractivity contribution < 1.29 is 4.79 Å². The van der Waals surface area contributed by atoms with Crippen molar-refractivity contribution in [1.29, 1.82) is 0 Å². The van der Waals surface area contributed by atoms with Gasteiger partial charge in [-0.15, -0.1) is 0 Å². The van der Waals surface area contributed by atoms with E-state index in [1.165, 1.54) is 61.2 Å². The molecule has 0 saturated carbocycles. The topological polar surface area (TPSA) is 39.3 Å². The van der Waals surface area contributed by atoms with Gasteiger partial charge in [0, 0.05) is 52.4 Å². The first kappa shape index (κ1) is 26.0. The zero-order chi connectivity index (χ0) is 26.3. The van der Waals surface area contributed by atoms with Crippen LogP contribution in [0.5, 0.6) is 0 Å². The molecule has 0 spiro atoms. The van der Waals surface area contributed by atoms with Gasteiger partial charge in [0.15, 0.2) is 5.78 Å². The molecule has 0 atom stereocenters. The van der Waals surface area contributed by atoms with E-state index in [9.17, 15) is 4.79 Å². The van der Waals surface area contributed by atoms with E-state index < -0.39 is 0 Å². The maximum absolute atomic E-state index is 14.0. The minimum absolute atomic E-state index is 0.176. The van der Waals surface area contributed by atoms with E-state index in [0.29, 0.717) is 6.04 Å². The molecule has 1 saturated heterocycles. The van der Waals surface area contributed by atoms with Crippen LogP contribution in [-0.2, 0) is 18.3 Å². The molecule has 3 aromatic rings. The summed E-state index contributed by atoms with van der Waals surface area (Å²) in [6.45, 7) is 18.1. The van der Waals surface area contributed by atoms with Crippen LogP contribution in [0.25, 0.3) is 10.9 Å². The van der Waals surface area contributed by atoms with Gasteiger partial charge >= 0.3 is 0 Å². The van der Waals surface area contributed by atoms with E-state index in [1.54, 1.807) is 0 Å². The standard InChI is InChI=1S/C33H45N3O/c1-7-15-35(16-8-2)24-13-17-36(18-14-24)29-21-27-26(20-23(29)10-4)31(37)30-25-12-11-22(9-3)19-28(25)34-32(30)33(27,5)6/h11-12,19-21,24,34H,7-10,13-18H2,1-6H3. The second-order valence-electron chi connectivity index (χ2n) is 11.7. The number of hydrogen-bond acceptors (Lipinski definition) is 3. The number of aromatic nitrogens is 1. The van der Waals surface area contributed by atoms with Crippen molar-refractivity contribution in [3.8, 4) is 0 Å². The van der Waals surface area contributed by atoms with Gasteiger partial charge in [-0.05, 0) is 86.5 Å². The molecule has 1 aliphatic heterocycles. The molecular weight excluding hydrogens is 454 g/mol. The van der Waals surface area contributed by atoms with Crippen LogP contribution in [0.2, 0.25) is 0 Å². The Hall–Kier alpha value is -2.59. The van der Waals surface area contributed by atoms with Crippen molar-refractivity contribution in [3.05, 3.63) is 63.8 Å². The number of nitrogens with one attached hydrogen (secondary N) is 1. The number of benzene rings is 2. The summed E-state index contributed by atoms with van der Waals surface area (Å²) in [6.07, 6.45) is 6.82. The quantitative estimate of drug-likeness (QED) is 0.355. The van der Waals surface area contributed by atoms with Gasteiger partial charge in [0.2, 0.25) is 0 Å². The lowest BCUT2D eigenvalue weighted by Gasteiger charge is -2.41. The van der Waals surface area contributed by atoms with Crippen molar-refractivity contribution in [2.24, 2.45) is 0 Å². The van der Waals surface area contributed by atoms with E-state index in [1.807, 2.05) is 0 Å². The van der Waals surface area contributed by atoms with Crippen LogP contribution < -0.4 is 4.90 Å².